The molecule has 0 aromatic heterocycles. The molecule has 3 rings (SSSR count). The van der Waals surface area contributed by atoms with Crippen molar-refractivity contribution in [1.82, 2.24) is 4.90 Å². The van der Waals surface area contributed by atoms with Crippen molar-refractivity contribution in [3.63, 3.8) is 0 Å². The van der Waals surface area contributed by atoms with Crippen molar-refractivity contribution in [3.05, 3.63) is 34.7 Å². The first-order chi connectivity index (χ1) is 9.62. The smallest absolute Gasteiger partial charge is 0.201 e. The van der Waals surface area contributed by atoms with Crippen molar-refractivity contribution in [2.24, 2.45) is 5.73 Å². The van der Waals surface area contributed by atoms with Gasteiger partial charge in [0.15, 0.2) is 0 Å². The number of hydrogen-bond acceptors (Lipinski definition) is 5. The first-order valence-electron chi connectivity index (χ1n) is 6.70. The molecule has 1 aromatic carbocycles. The number of nitrogens with zero attached hydrogens (tertiary/aromatic N) is 1. The van der Waals surface area contributed by atoms with Gasteiger partial charge in [0, 0.05) is 31.6 Å². The van der Waals surface area contributed by atoms with Crippen LogP contribution < -0.4 is 5.73 Å². The lowest BCUT2D eigenvalue weighted by molar-refractivity contribution is 0.0444. The van der Waals surface area contributed by atoms with Gasteiger partial charge in [0.2, 0.25) is 9.84 Å². The van der Waals surface area contributed by atoms with Gasteiger partial charge >= 0.3 is 0 Å². The van der Waals surface area contributed by atoms with E-state index in [0.29, 0.717) is 30.2 Å². The summed E-state index contributed by atoms with van der Waals surface area (Å²) in [5, 5.41) is 1.40. The minimum absolute atomic E-state index is 0.237. The van der Waals surface area contributed by atoms with Crippen molar-refractivity contribution < 1.29 is 13.2 Å². The molecule has 108 valence electrons. The highest BCUT2D eigenvalue weighted by Crippen LogP contribution is 2.36. The topological polar surface area (TPSA) is 72.6 Å². The minimum Gasteiger partial charge on any atom is -0.379 e. The molecule has 2 aliphatic heterocycles. The summed E-state index contributed by atoms with van der Waals surface area (Å²) in [5.74, 6) is 0. The Morgan fingerprint density at radius 1 is 1.25 bits per heavy atom. The largest absolute Gasteiger partial charge is 0.379 e. The maximum absolute atomic E-state index is 12.3. The molecule has 1 fully saturated rings. The molecular formula is C14H18N2O3S. The Balaban J connectivity index is 1.95. The van der Waals surface area contributed by atoms with E-state index in [2.05, 4.69) is 4.90 Å². The molecule has 6 heteroatoms. The van der Waals surface area contributed by atoms with Gasteiger partial charge in [-0.3, -0.25) is 4.90 Å². The van der Waals surface area contributed by atoms with E-state index in [-0.39, 0.29) is 6.54 Å². The third kappa shape index (κ3) is 2.40. The molecule has 0 saturated carbocycles. The molecule has 5 nitrogen and oxygen atoms in total. The molecule has 20 heavy (non-hydrogen) atoms. The van der Waals surface area contributed by atoms with E-state index in [0.717, 1.165) is 24.2 Å². The van der Waals surface area contributed by atoms with E-state index in [9.17, 15) is 8.42 Å². The zero-order chi connectivity index (χ0) is 14.2. The monoisotopic (exact) mass is 294 g/mol. The molecule has 0 amide bonds. The van der Waals surface area contributed by atoms with Crippen LogP contribution in [0.15, 0.2) is 28.5 Å². The Morgan fingerprint density at radius 3 is 2.70 bits per heavy atom. The van der Waals surface area contributed by atoms with Crippen LogP contribution in [-0.2, 0) is 21.1 Å². The third-order valence-corrected chi connectivity index (χ3v) is 5.39. The maximum atomic E-state index is 12.3. The number of hydrogen-bond donors (Lipinski definition) is 1. The quantitative estimate of drug-likeness (QED) is 0.884. The number of fused-ring (bicyclic) bond motifs is 1. The van der Waals surface area contributed by atoms with Gasteiger partial charge in [0.25, 0.3) is 0 Å². The van der Waals surface area contributed by atoms with Crippen LogP contribution in [0.2, 0.25) is 0 Å². The molecular weight excluding hydrogens is 276 g/mol. The predicted molar refractivity (Wildman–Crippen MR) is 76.8 cm³/mol. The highest BCUT2D eigenvalue weighted by atomic mass is 32.2. The van der Waals surface area contributed by atoms with Crippen LogP contribution >= 0.6 is 0 Å². The van der Waals surface area contributed by atoms with Crippen molar-refractivity contribution in [1.29, 1.82) is 0 Å². The average Bonchev–Trinajstić information content (AvgIpc) is 2.71. The van der Waals surface area contributed by atoms with Crippen molar-refractivity contribution in [2.45, 2.75) is 11.4 Å². The predicted octanol–water partition coefficient (Wildman–Crippen LogP) is 0.606. The molecule has 0 atom stereocenters. The summed E-state index contributed by atoms with van der Waals surface area (Å²) in [6.07, 6.45) is 0. The number of benzene rings is 1. The second kappa shape index (κ2) is 5.29. The molecule has 1 aromatic rings. The third-order valence-electron chi connectivity index (χ3n) is 3.74. The summed E-state index contributed by atoms with van der Waals surface area (Å²) in [7, 11) is -3.35. The highest BCUT2D eigenvalue weighted by molar-refractivity contribution is 7.95. The number of nitrogens with two attached hydrogens (primary N) is 1. The fourth-order valence-corrected chi connectivity index (χ4v) is 4.48. The van der Waals surface area contributed by atoms with Crippen molar-refractivity contribution in [3.8, 4) is 0 Å². The van der Waals surface area contributed by atoms with Crippen LogP contribution in [0.25, 0.3) is 5.57 Å². The normalized spacial score (nSPS) is 21.6. The minimum atomic E-state index is -3.35. The lowest BCUT2D eigenvalue weighted by atomic mass is 10.0. The molecule has 0 spiro atoms. The van der Waals surface area contributed by atoms with Crippen LogP contribution in [0.3, 0.4) is 0 Å². The lowest BCUT2D eigenvalue weighted by Gasteiger charge is -2.27. The van der Waals surface area contributed by atoms with E-state index < -0.39 is 9.84 Å². The average molecular weight is 294 g/mol. The SMILES string of the molecule is NCc1cccc2c1S(=O)(=O)C=C2CN1CCOCC1. The Kier molecular flexibility index (Phi) is 3.64. The van der Waals surface area contributed by atoms with E-state index in [1.165, 1.54) is 5.41 Å². The standard InChI is InChI=1S/C14H18N2O3S/c15-8-11-2-1-3-13-12(10-20(17,18)14(11)13)9-16-4-6-19-7-5-16/h1-3,10H,4-9,15H2. The van der Waals surface area contributed by atoms with Gasteiger partial charge in [-0.15, -0.1) is 0 Å². The Labute approximate surface area is 118 Å². The van der Waals surface area contributed by atoms with Gasteiger partial charge in [-0.1, -0.05) is 18.2 Å². The van der Waals surface area contributed by atoms with Gasteiger partial charge in [0.1, 0.15) is 0 Å². The molecule has 2 aliphatic rings. The summed E-state index contributed by atoms with van der Waals surface area (Å²) in [6.45, 7) is 3.96. The fraction of sp³-hybridized carbons (Fsp3) is 0.429. The Morgan fingerprint density at radius 2 is 2.00 bits per heavy atom. The lowest BCUT2D eigenvalue weighted by Crippen LogP contribution is -2.37. The second-order valence-corrected chi connectivity index (χ2v) is 6.81. The van der Waals surface area contributed by atoms with E-state index >= 15 is 0 Å². The van der Waals surface area contributed by atoms with Crippen molar-refractivity contribution >= 4 is 15.4 Å². The summed E-state index contributed by atoms with van der Waals surface area (Å²) < 4.78 is 29.9. The zero-order valence-electron chi connectivity index (χ0n) is 11.2. The summed E-state index contributed by atoms with van der Waals surface area (Å²) >= 11 is 0. The van der Waals surface area contributed by atoms with Gasteiger partial charge < -0.3 is 10.5 Å². The van der Waals surface area contributed by atoms with Crippen LogP contribution in [-0.4, -0.2) is 46.2 Å². The number of rotatable bonds is 3. The Bertz CT molecular complexity index is 646. The number of sulfone groups is 1. The number of ether oxygens (including phenoxy) is 1. The van der Waals surface area contributed by atoms with Gasteiger partial charge in [-0.25, -0.2) is 8.42 Å². The van der Waals surface area contributed by atoms with E-state index in [4.69, 9.17) is 10.5 Å². The summed E-state index contributed by atoms with van der Waals surface area (Å²) in [5.41, 5.74) is 8.01. The molecule has 1 saturated heterocycles. The highest BCUT2D eigenvalue weighted by Gasteiger charge is 2.30. The van der Waals surface area contributed by atoms with Crippen LogP contribution in [0, 0.1) is 0 Å². The molecule has 0 radical (unpaired) electrons. The van der Waals surface area contributed by atoms with Gasteiger partial charge in [0.05, 0.1) is 18.1 Å². The molecule has 0 unspecified atom stereocenters. The fourth-order valence-electron chi connectivity index (χ4n) is 2.77. The van der Waals surface area contributed by atoms with Crippen molar-refractivity contribution in [2.75, 3.05) is 32.8 Å². The Hall–Kier alpha value is -1.21. The maximum Gasteiger partial charge on any atom is 0.201 e. The van der Waals surface area contributed by atoms with Gasteiger partial charge in [-0.2, -0.15) is 0 Å². The van der Waals surface area contributed by atoms with Crippen LogP contribution in [0.5, 0.6) is 0 Å². The van der Waals surface area contributed by atoms with Crippen LogP contribution in [0.4, 0.5) is 0 Å². The van der Waals surface area contributed by atoms with E-state index in [1.54, 1.807) is 6.07 Å². The van der Waals surface area contributed by atoms with Crippen LogP contribution in [0.1, 0.15) is 11.1 Å². The summed E-state index contributed by atoms with van der Waals surface area (Å²) in [4.78, 5) is 2.61. The summed E-state index contributed by atoms with van der Waals surface area (Å²) in [6, 6.07) is 5.52. The van der Waals surface area contributed by atoms with Gasteiger partial charge in [-0.05, 0) is 16.7 Å². The first kappa shape index (κ1) is 13.8. The molecule has 0 aliphatic carbocycles. The molecule has 2 heterocycles. The van der Waals surface area contributed by atoms with E-state index in [1.807, 2.05) is 12.1 Å². The molecule has 0 bridgehead atoms. The zero-order valence-corrected chi connectivity index (χ0v) is 12.0. The number of morpholine rings is 1. The first-order valence-corrected chi connectivity index (χ1v) is 8.24. The molecule has 2 N–H and O–H groups in total. The second-order valence-electron chi connectivity index (χ2n) is 5.07.